The van der Waals surface area contributed by atoms with Crippen LogP contribution in [0, 0.1) is 12.8 Å². The SMILES string of the molecule is Cc1cccc(SCc2noc(CC(=O)C(C)C)n2)c1. The van der Waals surface area contributed by atoms with Crippen LogP contribution in [0.1, 0.15) is 31.1 Å². The third kappa shape index (κ3) is 4.20. The van der Waals surface area contributed by atoms with E-state index in [1.165, 1.54) is 10.5 Å². The van der Waals surface area contributed by atoms with Crippen LogP contribution in [0.25, 0.3) is 0 Å². The van der Waals surface area contributed by atoms with Crippen molar-refractivity contribution in [1.29, 1.82) is 0 Å². The number of aromatic nitrogens is 2. The summed E-state index contributed by atoms with van der Waals surface area (Å²) in [6.07, 6.45) is 0.222. The number of benzene rings is 1. The summed E-state index contributed by atoms with van der Waals surface area (Å²) in [4.78, 5) is 17.0. The number of hydrogen-bond acceptors (Lipinski definition) is 5. The molecule has 1 heterocycles. The molecule has 0 aliphatic heterocycles. The van der Waals surface area contributed by atoms with Crippen LogP contribution >= 0.6 is 11.8 Å². The summed E-state index contributed by atoms with van der Waals surface area (Å²) >= 11 is 1.66. The van der Waals surface area contributed by atoms with Crippen molar-refractivity contribution in [1.82, 2.24) is 10.1 Å². The van der Waals surface area contributed by atoms with E-state index in [1.54, 1.807) is 11.8 Å². The van der Waals surface area contributed by atoms with Crippen LogP contribution in [0.15, 0.2) is 33.7 Å². The Labute approximate surface area is 123 Å². The van der Waals surface area contributed by atoms with Gasteiger partial charge in [0.2, 0.25) is 5.89 Å². The summed E-state index contributed by atoms with van der Waals surface area (Å²) in [5, 5.41) is 3.91. The Hall–Kier alpha value is -1.62. The molecule has 0 bridgehead atoms. The number of nitrogens with zero attached hydrogens (tertiary/aromatic N) is 2. The molecule has 0 aliphatic carbocycles. The van der Waals surface area contributed by atoms with Crippen LogP contribution < -0.4 is 0 Å². The molecule has 0 saturated heterocycles. The average Bonchev–Trinajstić information content (AvgIpc) is 2.84. The van der Waals surface area contributed by atoms with E-state index in [2.05, 4.69) is 35.3 Å². The first-order chi connectivity index (χ1) is 9.54. The maximum Gasteiger partial charge on any atom is 0.234 e. The fourth-order valence-corrected chi connectivity index (χ4v) is 2.48. The Morgan fingerprint density at radius 1 is 1.40 bits per heavy atom. The molecule has 4 nitrogen and oxygen atoms in total. The number of carbonyl (C=O) groups is 1. The smallest absolute Gasteiger partial charge is 0.234 e. The molecule has 0 amide bonds. The number of thioether (sulfide) groups is 1. The lowest BCUT2D eigenvalue weighted by Gasteiger charge is -1.99. The minimum atomic E-state index is -0.00739. The number of aryl methyl sites for hydroxylation is 1. The number of Topliss-reactive ketones (excluding diaryl/α,β-unsaturated/α-hetero) is 1. The fourth-order valence-electron chi connectivity index (χ4n) is 1.63. The second-order valence-corrected chi connectivity index (χ2v) is 6.06. The molecule has 106 valence electrons. The molecule has 0 atom stereocenters. The van der Waals surface area contributed by atoms with Crippen molar-refractivity contribution in [2.75, 3.05) is 0 Å². The van der Waals surface area contributed by atoms with Crippen LogP contribution in [-0.4, -0.2) is 15.9 Å². The van der Waals surface area contributed by atoms with Crippen molar-refractivity contribution < 1.29 is 9.32 Å². The van der Waals surface area contributed by atoms with Crippen molar-refractivity contribution in [3.8, 4) is 0 Å². The van der Waals surface area contributed by atoms with Gasteiger partial charge in [0.05, 0.1) is 12.2 Å². The van der Waals surface area contributed by atoms with Gasteiger partial charge in [0.15, 0.2) is 5.82 Å². The molecule has 0 spiro atoms. The first kappa shape index (κ1) is 14.8. The van der Waals surface area contributed by atoms with Gasteiger partial charge in [0.1, 0.15) is 5.78 Å². The lowest BCUT2D eigenvalue weighted by Crippen LogP contribution is -2.10. The molecule has 0 radical (unpaired) electrons. The van der Waals surface area contributed by atoms with Gasteiger partial charge in [-0.25, -0.2) is 0 Å². The number of ketones is 1. The van der Waals surface area contributed by atoms with Gasteiger partial charge in [-0.2, -0.15) is 4.98 Å². The highest BCUT2D eigenvalue weighted by molar-refractivity contribution is 7.98. The van der Waals surface area contributed by atoms with E-state index >= 15 is 0 Å². The summed E-state index contributed by atoms with van der Waals surface area (Å²) in [5.74, 6) is 1.79. The van der Waals surface area contributed by atoms with Crippen molar-refractivity contribution in [2.24, 2.45) is 5.92 Å². The van der Waals surface area contributed by atoms with Crippen LogP contribution in [0.5, 0.6) is 0 Å². The Morgan fingerprint density at radius 2 is 2.20 bits per heavy atom. The second kappa shape index (κ2) is 6.70. The normalized spacial score (nSPS) is 11.0. The summed E-state index contributed by atoms with van der Waals surface area (Å²) in [5.41, 5.74) is 1.23. The molecule has 1 aromatic heterocycles. The van der Waals surface area contributed by atoms with Gasteiger partial charge < -0.3 is 4.52 Å². The van der Waals surface area contributed by atoms with Crippen LogP contribution in [0.3, 0.4) is 0 Å². The highest BCUT2D eigenvalue weighted by Crippen LogP contribution is 2.22. The highest BCUT2D eigenvalue weighted by atomic mass is 32.2. The molecule has 2 rings (SSSR count). The Bertz CT molecular complexity index is 593. The third-order valence-corrected chi connectivity index (χ3v) is 3.83. The molecule has 0 N–H and O–H groups in total. The van der Waals surface area contributed by atoms with Gasteiger partial charge in [-0.15, -0.1) is 11.8 Å². The average molecular weight is 290 g/mol. The number of hydrogen-bond donors (Lipinski definition) is 0. The van der Waals surface area contributed by atoms with Crippen molar-refractivity contribution in [2.45, 2.75) is 37.8 Å². The molecule has 0 aliphatic rings. The minimum absolute atomic E-state index is 0.00739. The van der Waals surface area contributed by atoms with Gasteiger partial charge in [-0.1, -0.05) is 36.7 Å². The van der Waals surface area contributed by atoms with E-state index in [9.17, 15) is 4.79 Å². The van der Waals surface area contributed by atoms with Gasteiger partial charge >= 0.3 is 0 Å². The molecule has 2 aromatic rings. The Morgan fingerprint density at radius 3 is 2.90 bits per heavy atom. The number of carbonyl (C=O) groups excluding carboxylic acids is 1. The van der Waals surface area contributed by atoms with Gasteiger partial charge in [-0.3, -0.25) is 4.79 Å². The molecular weight excluding hydrogens is 272 g/mol. The molecule has 1 aromatic carbocycles. The van der Waals surface area contributed by atoms with Crippen molar-refractivity contribution in [3.63, 3.8) is 0 Å². The molecular formula is C15H18N2O2S. The zero-order valence-corrected chi connectivity index (χ0v) is 12.7. The Kier molecular flexibility index (Phi) is 4.95. The summed E-state index contributed by atoms with van der Waals surface area (Å²) < 4.78 is 5.10. The van der Waals surface area contributed by atoms with E-state index in [0.29, 0.717) is 17.5 Å². The van der Waals surface area contributed by atoms with Crippen LogP contribution in [0.2, 0.25) is 0 Å². The zero-order valence-electron chi connectivity index (χ0n) is 11.9. The predicted molar refractivity (Wildman–Crippen MR) is 78.6 cm³/mol. The van der Waals surface area contributed by atoms with E-state index in [1.807, 2.05) is 19.9 Å². The summed E-state index contributed by atoms with van der Waals surface area (Å²) in [6.45, 7) is 5.80. The lowest BCUT2D eigenvalue weighted by atomic mass is 10.1. The second-order valence-electron chi connectivity index (χ2n) is 5.01. The van der Waals surface area contributed by atoms with E-state index in [0.717, 1.165) is 0 Å². The lowest BCUT2D eigenvalue weighted by molar-refractivity contribution is -0.121. The van der Waals surface area contributed by atoms with E-state index < -0.39 is 0 Å². The highest BCUT2D eigenvalue weighted by Gasteiger charge is 2.14. The van der Waals surface area contributed by atoms with E-state index in [-0.39, 0.29) is 18.1 Å². The molecule has 20 heavy (non-hydrogen) atoms. The topological polar surface area (TPSA) is 56.0 Å². The zero-order chi connectivity index (χ0) is 14.5. The quantitative estimate of drug-likeness (QED) is 0.763. The minimum Gasteiger partial charge on any atom is -0.339 e. The van der Waals surface area contributed by atoms with Gasteiger partial charge in [0, 0.05) is 10.8 Å². The maximum absolute atomic E-state index is 11.6. The summed E-state index contributed by atoms with van der Waals surface area (Å²) in [7, 11) is 0. The maximum atomic E-state index is 11.6. The van der Waals surface area contributed by atoms with Crippen molar-refractivity contribution in [3.05, 3.63) is 41.5 Å². The largest absolute Gasteiger partial charge is 0.339 e. The first-order valence-corrected chi connectivity index (χ1v) is 7.57. The predicted octanol–water partition coefficient (Wildman–Crippen LogP) is 3.44. The fraction of sp³-hybridized carbons (Fsp3) is 0.400. The monoisotopic (exact) mass is 290 g/mol. The van der Waals surface area contributed by atoms with Crippen LogP contribution in [-0.2, 0) is 17.0 Å². The van der Waals surface area contributed by atoms with Crippen LogP contribution in [0.4, 0.5) is 0 Å². The third-order valence-electron chi connectivity index (χ3n) is 2.84. The molecule has 5 heteroatoms. The molecule has 0 saturated carbocycles. The first-order valence-electron chi connectivity index (χ1n) is 6.58. The Balaban J connectivity index is 1.91. The van der Waals surface area contributed by atoms with Gasteiger partial charge in [-0.05, 0) is 19.1 Å². The molecule has 0 fully saturated rings. The van der Waals surface area contributed by atoms with Gasteiger partial charge in [0.25, 0.3) is 0 Å². The van der Waals surface area contributed by atoms with Crippen molar-refractivity contribution >= 4 is 17.5 Å². The standard InChI is InChI=1S/C15H18N2O2S/c1-10(2)13(18)8-15-16-14(17-19-15)9-20-12-6-4-5-11(3)7-12/h4-7,10H,8-9H2,1-3H3. The molecule has 0 unspecified atom stereocenters. The van der Waals surface area contributed by atoms with E-state index in [4.69, 9.17) is 4.52 Å². The number of rotatable bonds is 6. The summed E-state index contributed by atoms with van der Waals surface area (Å²) in [6, 6.07) is 8.27.